The Morgan fingerprint density at radius 2 is 1.64 bits per heavy atom. The molecule has 0 heterocycles. The molecule has 0 fully saturated rings. The predicted octanol–water partition coefficient (Wildman–Crippen LogP) is 4.71. The summed E-state index contributed by atoms with van der Waals surface area (Å²) in [5.41, 5.74) is 1.91. The van der Waals surface area contributed by atoms with Gasteiger partial charge in [-0.05, 0) is 28.9 Å². The monoisotopic (exact) mass is 214 g/mol. The van der Waals surface area contributed by atoms with E-state index in [-0.39, 0.29) is 5.41 Å². The summed E-state index contributed by atoms with van der Waals surface area (Å²) in [6, 6.07) is 0. The third-order valence-electron chi connectivity index (χ3n) is 2.51. The van der Waals surface area contributed by atoms with Gasteiger partial charge in [0.25, 0.3) is 0 Å². The fourth-order valence-electron chi connectivity index (χ4n) is 1.76. The Kier molecular flexibility index (Phi) is 4.77. The van der Waals surface area contributed by atoms with Crippen LogP contribution in [0.15, 0.2) is 12.2 Å². The average molecular weight is 214 g/mol. The molecular weight excluding hydrogens is 188 g/mol. The molecule has 1 unspecified atom stereocenters. The van der Waals surface area contributed by atoms with Crippen molar-refractivity contribution in [3.63, 3.8) is 0 Å². The zero-order valence-electron chi connectivity index (χ0n) is 10.6. The molecule has 0 aliphatic heterocycles. The van der Waals surface area contributed by atoms with E-state index in [1.54, 1.807) is 0 Å². The molecule has 1 heteroatoms. The van der Waals surface area contributed by atoms with Crippen LogP contribution in [-0.2, 0) is 0 Å². The molecule has 0 aliphatic carbocycles. The Bertz CT molecular complexity index is 194. The molecule has 0 aromatic carbocycles. The Labute approximate surface area is 95.6 Å². The van der Waals surface area contributed by atoms with Crippen LogP contribution in [0.5, 0.6) is 0 Å². The molecule has 0 aliphatic rings. The van der Waals surface area contributed by atoms with Gasteiger partial charge in [0.15, 0.2) is 0 Å². The lowest BCUT2D eigenvalue weighted by molar-refractivity contribution is 0.330. The molecular formula is C13H26S. The maximum atomic E-state index is 4.46. The zero-order chi connectivity index (χ0) is 11.6. The van der Waals surface area contributed by atoms with Crippen LogP contribution in [0, 0.1) is 10.8 Å². The molecule has 0 rings (SSSR count). The maximum absolute atomic E-state index is 4.46. The van der Waals surface area contributed by atoms with Gasteiger partial charge in [0.2, 0.25) is 0 Å². The minimum Gasteiger partial charge on any atom is -0.176 e. The van der Waals surface area contributed by atoms with Crippen LogP contribution in [0.1, 0.15) is 54.4 Å². The second-order valence-electron chi connectivity index (χ2n) is 6.28. The van der Waals surface area contributed by atoms with Crippen molar-refractivity contribution in [2.75, 3.05) is 0 Å². The summed E-state index contributed by atoms with van der Waals surface area (Å²) < 4.78 is 0. The van der Waals surface area contributed by atoms with Gasteiger partial charge in [0.1, 0.15) is 0 Å². The molecule has 0 radical (unpaired) electrons. The summed E-state index contributed by atoms with van der Waals surface area (Å²) in [6.07, 6.45) is 2.20. The van der Waals surface area contributed by atoms with Crippen LogP contribution in [0.25, 0.3) is 0 Å². The molecule has 0 bridgehead atoms. The van der Waals surface area contributed by atoms with Crippen molar-refractivity contribution in [1.82, 2.24) is 0 Å². The first kappa shape index (κ1) is 14.1. The molecule has 14 heavy (non-hydrogen) atoms. The van der Waals surface area contributed by atoms with Crippen LogP contribution >= 0.6 is 12.6 Å². The molecule has 0 amide bonds. The molecule has 0 aromatic heterocycles. The summed E-state index contributed by atoms with van der Waals surface area (Å²) in [6.45, 7) is 17.7. The predicted molar refractivity (Wildman–Crippen MR) is 70.1 cm³/mol. The largest absolute Gasteiger partial charge is 0.176 e. The third-order valence-corrected chi connectivity index (χ3v) is 2.69. The Hall–Kier alpha value is 0.0900. The lowest BCUT2D eigenvalue weighted by Crippen LogP contribution is -2.21. The normalized spacial score (nSPS) is 15.4. The topological polar surface area (TPSA) is 0 Å². The van der Waals surface area contributed by atoms with Crippen LogP contribution in [0.2, 0.25) is 0 Å². The number of rotatable bonds is 4. The molecule has 0 saturated carbocycles. The first-order valence-electron chi connectivity index (χ1n) is 5.41. The van der Waals surface area contributed by atoms with Crippen molar-refractivity contribution in [1.29, 1.82) is 0 Å². The second kappa shape index (κ2) is 4.74. The summed E-state index contributed by atoms with van der Waals surface area (Å²) >= 11 is 4.46. The fraction of sp³-hybridized carbons (Fsp3) is 0.846. The van der Waals surface area contributed by atoms with E-state index in [4.69, 9.17) is 0 Å². The fourth-order valence-corrected chi connectivity index (χ4v) is 2.22. The van der Waals surface area contributed by atoms with Gasteiger partial charge >= 0.3 is 0 Å². The number of hydrogen-bond acceptors (Lipinski definition) is 1. The standard InChI is InChI=1S/C13H26S/c1-10(8-12(3,4)5)13(6,7)9-11(2)14/h11,14H,1,8-9H2,2-7H3. The van der Waals surface area contributed by atoms with E-state index < -0.39 is 0 Å². The van der Waals surface area contributed by atoms with Crippen LogP contribution in [-0.4, -0.2) is 5.25 Å². The van der Waals surface area contributed by atoms with E-state index in [2.05, 4.69) is 60.8 Å². The molecule has 0 spiro atoms. The van der Waals surface area contributed by atoms with Gasteiger partial charge in [-0.2, -0.15) is 12.6 Å². The minimum absolute atomic E-state index is 0.217. The van der Waals surface area contributed by atoms with Crippen LogP contribution < -0.4 is 0 Å². The first-order valence-corrected chi connectivity index (χ1v) is 5.92. The number of thiol groups is 1. The van der Waals surface area contributed by atoms with E-state index >= 15 is 0 Å². The van der Waals surface area contributed by atoms with E-state index in [9.17, 15) is 0 Å². The van der Waals surface area contributed by atoms with Gasteiger partial charge < -0.3 is 0 Å². The molecule has 84 valence electrons. The van der Waals surface area contributed by atoms with E-state index in [1.807, 2.05) is 0 Å². The van der Waals surface area contributed by atoms with Crippen molar-refractivity contribution >= 4 is 12.6 Å². The van der Waals surface area contributed by atoms with E-state index in [0.29, 0.717) is 10.7 Å². The summed E-state index contributed by atoms with van der Waals surface area (Å²) in [4.78, 5) is 0. The SMILES string of the molecule is C=C(CC(C)(C)C)C(C)(C)CC(C)S. The van der Waals surface area contributed by atoms with Crippen molar-refractivity contribution in [2.45, 2.75) is 59.6 Å². The first-order chi connectivity index (χ1) is 6.04. The second-order valence-corrected chi connectivity index (χ2v) is 7.16. The molecule has 0 saturated heterocycles. The number of allylic oxidation sites excluding steroid dienone is 1. The Balaban J connectivity index is 4.36. The zero-order valence-corrected chi connectivity index (χ0v) is 11.5. The van der Waals surface area contributed by atoms with Gasteiger partial charge in [-0.1, -0.05) is 53.7 Å². The van der Waals surface area contributed by atoms with Gasteiger partial charge in [0, 0.05) is 0 Å². The molecule has 0 nitrogen and oxygen atoms in total. The smallest absolute Gasteiger partial charge is 0.000343 e. The quantitative estimate of drug-likeness (QED) is 0.508. The minimum atomic E-state index is 0.217. The summed E-state index contributed by atoms with van der Waals surface area (Å²) in [5, 5.41) is 0.446. The lowest BCUT2D eigenvalue weighted by Gasteiger charge is -2.33. The van der Waals surface area contributed by atoms with Crippen LogP contribution in [0.4, 0.5) is 0 Å². The van der Waals surface area contributed by atoms with Gasteiger partial charge in [-0.15, -0.1) is 0 Å². The highest BCUT2D eigenvalue weighted by atomic mass is 32.1. The van der Waals surface area contributed by atoms with Gasteiger partial charge in [-0.3, -0.25) is 0 Å². The number of hydrogen-bond donors (Lipinski definition) is 1. The van der Waals surface area contributed by atoms with Crippen LogP contribution in [0.3, 0.4) is 0 Å². The van der Waals surface area contributed by atoms with Crippen molar-refractivity contribution in [3.8, 4) is 0 Å². The summed E-state index contributed by atoms with van der Waals surface area (Å²) in [5.74, 6) is 0. The molecule has 1 atom stereocenters. The summed E-state index contributed by atoms with van der Waals surface area (Å²) in [7, 11) is 0. The molecule has 0 aromatic rings. The highest BCUT2D eigenvalue weighted by Crippen LogP contribution is 2.38. The van der Waals surface area contributed by atoms with Crippen molar-refractivity contribution in [2.24, 2.45) is 10.8 Å². The van der Waals surface area contributed by atoms with E-state index in [0.717, 1.165) is 12.8 Å². The van der Waals surface area contributed by atoms with Crippen molar-refractivity contribution < 1.29 is 0 Å². The van der Waals surface area contributed by atoms with Gasteiger partial charge in [0.05, 0.1) is 0 Å². The highest BCUT2D eigenvalue weighted by molar-refractivity contribution is 7.80. The third kappa shape index (κ3) is 5.74. The maximum Gasteiger partial charge on any atom is -0.000343 e. The van der Waals surface area contributed by atoms with Crippen molar-refractivity contribution in [3.05, 3.63) is 12.2 Å². The molecule has 0 N–H and O–H groups in total. The highest BCUT2D eigenvalue weighted by Gasteiger charge is 2.26. The van der Waals surface area contributed by atoms with Gasteiger partial charge in [-0.25, -0.2) is 0 Å². The average Bonchev–Trinajstić information content (AvgIpc) is 1.79. The Morgan fingerprint density at radius 1 is 1.21 bits per heavy atom. The lowest BCUT2D eigenvalue weighted by atomic mass is 9.74. The Morgan fingerprint density at radius 3 is 1.93 bits per heavy atom. The van der Waals surface area contributed by atoms with E-state index in [1.165, 1.54) is 5.57 Å².